The highest BCUT2D eigenvalue weighted by Crippen LogP contribution is 2.21. The smallest absolute Gasteiger partial charge is 0.341 e. The van der Waals surface area contributed by atoms with E-state index in [0.717, 1.165) is 16.6 Å². The Bertz CT molecular complexity index is 888. The molecule has 0 aliphatic rings. The first-order chi connectivity index (χ1) is 11.7. The van der Waals surface area contributed by atoms with Gasteiger partial charge in [0.05, 0.1) is 17.4 Å². The minimum atomic E-state index is -1.03. The first kappa shape index (κ1) is 15.5. The van der Waals surface area contributed by atoms with Crippen LogP contribution in [0.1, 0.15) is 5.56 Å². The van der Waals surface area contributed by atoms with Crippen LogP contribution >= 0.6 is 0 Å². The molecule has 0 radical (unpaired) electrons. The summed E-state index contributed by atoms with van der Waals surface area (Å²) >= 11 is 0. The third-order valence-corrected chi connectivity index (χ3v) is 3.29. The number of benzene rings is 2. The highest BCUT2D eigenvalue weighted by Gasteiger charge is 2.04. The molecule has 24 heavy (non-hydrogen) atoms. The molecule has 0 unspecified atom stereocenters. The van der Waals surface area contributed by atoms with Crippen LogP contribution in [0, 0.1) is 0 Å². The van der Waals surface area contributed by atoms with Crippen molar-refractivity contribution in [3.8, 4) is 5.75 Å². The summed E-state index contributed by atoms with van der Waals surface area (Å²) in [4.78, 5) is 15.0. The molecule has 0 atom stereocenters. The predicted molar refractivity (Wildman–Crippen MR) is 92.5 cm³/mol. The maximum absolute atomic E-state index is 10.6. The number of pyridine rings is 1. The topological polar surface area (TPSA) is 83.8 Å². The van der Waals surface area contributed by atoms with Crippen molar-refractivity contribution in [2.45, 2.75) is 0 Å². The van der Waals surface area contributed by atoms with Gasteiger partial charge in [-0.15, -0.1) is 0 Å². The second-order valence-electron chi connectivity index (χ2n) is 4.97. The number of fused-ring (bicyclic) bond motifs is 1. The number of carbonyl (C=O) groups is 1. The molecule has 0 aliphatic heterocycles. The Balaban J connectivity index is 1.78. The number of ether oxygens (including phenoxy) is 1. The molecular weight excluding hydrogens is 306 g/mol. The van der Waals surface area contributed by atoms with Gasteiger partial charge in [-0.3, -0.25) is 10.4 Å². The van der Waals surface area contributed by atoms with Crippen molar-refractivity contribution in [1.29, 1.82) is 0 Å². The van der Waals surface area contributed by atoms with E-state index in [-0.39, 0.29) is 0 Å². The number of carboxylic acid groups (broad SMARTS) is 1. The quantitative estimate of drug-likeness (QED) is 0.538. The zero-order valence-corrected chi connectivity index (χ0v) is 12.7. The van der Waals surface area contributed by atoms with Crippen LogP contribution in [0.25, 0.3) is 10.9 Å². The number of carboxylic acids is 1. The molecule has 1 aromatic heterocycles. The van der Waals surface area contributed by atoms with Crippen molar-refractivity contribution in [3.63, 3.8) is 0 Å². The summed E-state index contributed by atoms with van der Waals surface area (Å²) in [5.74, 6) is -0.566. The average molecular weight is 321 g/mol. The molecule has 3 aromatic rings. The van der Waals surface area contributed by atoms with E-state index in [9.17, 15) is 4.79 Å². The maximum Gasteiger partial charge on any atom is 0.341 e. The Kier molecular flexibility index (Phi) is 4.67. The van der Waals surface area contributed by atoms with Crippen molar-refractivity contribution >= 4 is 28.8 Å². The van der Waals surface area contributed by atoms with Gasteiger partial charge in [0.25, 0.3) is 0 Å². The van der Waals surface area contributed by atoms with E-state index in [2.05, 4.69) is 15.5 Å². The van der Waals surface area contributed by atoms with Crippen LogP contribution in [0.5, 0.6) is 5.75 Å². The summed E-state index contributed by atoms with van der Waals surface area (Å²) in [6.07, 6.45) is 3.31. The van der Waals surface area contributed by atoms with Crippen LogP contribution in [-0.4, -0.2) is 28.9 Å². The number of aliphatic carboxylic acids is 1. The van der Waals surface area contributed by atoms with Gasteiger partial charge in [0.15, 0.2) is 6.61 Å². The molecule has 0 saturated carbocycles. The van der Waals surface area contributed by atoms with Crippen molar-refractivity contribution in [2.75, 3.05) is 12.0 Å². The molecule has 0 aliphatic carbocycles. The average Bonchev–Trinajstić information content (AvgIpc) is 2.61. The van der Waals surface area contributed by atoms with Gasteiger partial charge < -0.3 is 9.84 Å². The van der Waals surface area contributed by atoms with Gasteiger partial charge in [0.2, 0.25) is 0 Å². The van der Waals surface area contributed by atoms with Crippen LogP contribution in [0.2, 0.25) is 0 Å². The lowest BCUT2D eigenvalue weighted by Crippen LogP contribution is -2.10. The van der Waals surface area contributed by atoms with E-state index in [1.54, 1.807) is 30.6 Å². The van der Waals surface area contributed by atoms with Crippen molar-refractivity contribution < 1.29 is 14.6 Å². The summed E-state index contributed by atoms with van der Waals surface area (Å²) in [7, 11) is 0. The maximum atomic E-state index is 10.6. The summed E-state index contributed by atoms with van der Waals surface area (Å²) < 4.78 is 5.24. The number of hydrazone groups is 1. The highest BCUT2D eigenvalue weighted by molar-refractivity contribution is 5.91. The summed E-state index contributed by atoms with van der Waals surface area (Å²) in [6.45, 7) is -0.397. The molecule has 0 bridgehead atoms. The SMILES string of the molecule is O=C(O)COc1ccccc1/C=N/Nc1cccc2cccnc12. The molecule has 2 aromatic carbocycles. The standard InChI is InChI=1S/C18H15N3O3/c22-17(23)12-24-16-9-2-1-5-14(16)11-20-21-15-8-3-6-13-7-4-10-19-18(13)15/h1-11,21H,12H2,(H,22,23)/b20-11+. The monoisotopic (exact) mass is 321 g/mol. The molecule has 1 heterocycles. The minimum absolute atomic E-state index is 0.397. The van der Waals surface area contributed by atoms with E-state index in [1.165, 1.54) is 0 Å². The number of nitrogens with one attached hydrogen (secondary N) is 1. The zero-order chi connectivity index (χ0) is 16.8. The first-order valence-corrected chi connectivity index (χ1v) is 7.30. The first-order valence-electron chi connectivity index (χ1n) is 7.30. The minimum Gasteiger partial charge on any atom is -0.481 e. The molecule has 0 fully saturated rings. The Morgan fingerprint density at radius 3 is 2.88 bits per heavy atom. The molecule has 0 saturated heterocycles. The van der Waals surface area contributed by atoms with E-state index in [4.69, 9.17) is 9.84 Å². The van der Waals surface area contributed by atoms with Crippen molar-refractivity contribution in [1.82, 2.24) is 4.98 Å². The van der Waals surface area contributed by atoms with Crippen LogP contribution in [-0.2, 0) is 4.79 Å². The number of aromatic nitrogens is 1. The highest BCUT2D eigenvalue weighted by atomic mass is 16.5. The lowest BCUT2D eigenvalue weighted by Gasteiger charge is -2.07. The normalized spacial score (nSPS) is 10.8. The molecule has 6 nitrogen and oxygen atoms in total. The van der Waals surface area contributed by atoms with E-state index >= 15 is 0 Å². The fraction of sp³-hybridized carbons (Fsp3) is 0.0556. The Hall–Kier alpha value is -3.41. The second kappa shape index (κ2) is 7.23. The van der Waals surface area contributed by atoms with Crippen LogP contribution in [0.15, 0.2) is 65.9 Å². The predicted octanol–water partition coefficient (Wildman–Crippen LogP) is 3.14. The zero-order valence-electron chi connectivity index (χ0n) is 12.7. The van der Waals surface area contributed by atoms with Gasteiger partial charge in [-0.05, 0) is 24.3 Å². The molecule has 3 rings (SSSR count). The third kappa shape index (κ3) is 3.67. The fourth-order valence-corrected chi connectivity index (χ4v) is 2.22. The van der Waals surface area contributed by atoms with Crippen molar-refractivity contribution in [2.24, 2.45) is 5.10 Å². The van der Waals surface area contributed by atoms with Gasteiger partial charge in [-0.2, -0.15) is 5.10 Å². The molecule has 120 valence electrons. The number of hydrogen-bond acceptors (Lipinski definition) is 5. The van der Waals surface area contributed by atoms with Crippen LogP contribution in [0.4, 0.5) is 5.69 Å². The number of para-hydroxylation sites is 2. The lowest BCUT2D eigenvalue weighted by atomic mass is 10.2. The Morgan fingerprint density at radius 2 is 2.00 bits per heavy atom. The molecule has 2 N–H and O–H groups in total. The van der Waals surface area contributed by atoms with Crippen LogP contribution < -0.4 is 10.2 Å². The van der Waals surface area contributed by atoms with E-state index in [1.807, 2.05) is 36.4 Å². The number of anilines is 1. The Morgan fingerprint density at radius 1 is 1.17 bits per heavy atom. The van der Waals surface area contributed by atoms with Gasteiger partial charge >= 0.3 is 5.97 Å². The number of rotatable bonds is 6. The largest absolute Gasteiger partial charge is 0.481 e. The van der Waals surface area contributed by atoms with Gasteiger partial charge in [0.1, 0.15) is 5.75 Å². The Labute approximate surface area is 138 Å². The fourth-order valence-electron chi connectivity index (χ4n) is 2.22. The van der Waals surface area contributed by atoms with Crippen LogP contribution in [0.3, 0.4) is 0 Å². The molecular formula is C18H15N3O3. The lowest BCUT2D eigenvalue weighted by molar-refractivity contribution is -0.139. The summed E-state index contributed by atoms with van der Waals surface area (Å²) in [5.41, 5.74) is 5.26. The molecule has 0 amide bonds. The van der Waals surface area contributed by atoms with Gasteiger partial charge in [-0.1, -0.05) is 30.3 Å². The third-order valence-electron chi connectivity index (χ3n) is 3.29. The number of nitrogens with zero attached hydrogens (tertiary/aromatic N) is 2. The number of hydrogen-bond donors (Lipinski definition) is 2. The van der Waals surface area contributed by atoms with E-state index < -0.39 is 12.6 Å². The van der Waals surface area contributed by atoms with Gasteiger partial charge in [0, 0.05) is 17.1 Å². The molecule has 0 spiro atoms. The summed E-state index contributed by atoms with van der Waals surface area (Å²) in [5, 5.41) is 13.9. The summed E-state index contributed by atoms with van der Waals surface area (Å²) in [6, 6.07) is 16.7. The second-order valence-corrected chi connectivity index (χ2v) is 4.97. The van der Waals surface area contributed by atoms with Gasteiger partial charge in [-0.25, -0.2) is 4.79 Å². The van der Waals surface area contributed by atoms with Crippen molar-refractivity contribution in [3.05, 3.63) is 66.4 Å². The van der Waals surface area contributed by atoms with E-state index in [0.29, 0.717) is 11.3 Å². The molecule has 6 heteroatoms.